The van der Waals surface area contributed by atoms with Crippen molar-refractivity contribution in [3.63, 3.8) is 0 Å². The molecular formula is C15H12ClN5O2. The van der Waals surface area contributed by atoms with Crippen molar-refractivity contribution in [1.82, 2.24) is 24.3 Å². The molecule has 3 heterocycles. The molecule has 0 saturated carbocycles. The maximum Gasteiger partial charge on any atom is 0.358 e. The van der Waals surface area contributed by atoms with Gasteiger partial charge in [-0.25, -0.2) is 9.78 Å². The molecule has 116 valence electrons. The van der Waals surface area contributed by atoms with Gasteiger partial charge in [0.05, 0.1) is 24.5 Å². The van der Waals surface area contributed by atoms with Gasteiger partial charge >= 0.3 is 5.97 Å². The highest BCUT2D eigenvalue weighted by molar-refractivity contribution is 6.31. The number of ether oxygens (including phenoxy) is 1. The lowest BCUT2D eigenvalue weighted by Crippen LogP contribution is -2.11. The number of nitrogens with zero attached hydrogens (tertiary/aromatic N) is 5. The van der Waals surface area contributed by atoms with E-state index in [1.54, 1.807) is 25.6 Å². The Labute approximate surface area is 136 Å². The van der Waals surface area contributed by atoms with Crippen molar-refractivity contribution in [3.8, 4) is 17.1 Å². The third kappa shape index (κ3) is 2.12. The van der Waals surface area contributed by atoms with E-state index in [1.807, 2.05) is 21.3 Å². The van der Waals surface area contributed by atoms with Crippen LogP contribution in [0.25, 0.3) is 17.1 Å². The quantitative estimate of drug-likeness (QED) is 0.528. The van der Waals surface area contributed by atoms with Gasteiger partial charge < -0.3 is 9.30 Å². The Morgan fingerprint density at radius 2 is 2.26 bits per heavy atom. The zero-order chi connectivity index (χ0) is 16.0. The van der Waals surface area contributed by atoms with Crippen molar-refractivity contribution < 1.29 is 9.53 Å². The fourth-order valence-corrected chi connectivity index (χ4v) is 2.91. The highest BCUT2D eigenvalue weighted by Gasteiger charge is 2.26. The first-order valence-corrected chi connectivity index (χ1v) is 7.48. The summed E-state index contributed by atoms with van der Waals surface area (Å²) in [5, 5.41) is 8.75. The molecule has 1 aromatic carbocycles. The Morgan fingerprint density at radius 1 is 1.39 bits per heavy atom. The maximum atomic E-state index is 12.1. The minimum Gasteiger partial charge on any atom is -0.461 e. The highest BCUT2D eigenvalue weighted by atomic mass is 35.5. The number of hydrogen-bond donors (Lipinski definition) is 0. The van der Waals surface area contributed by atoms with Crippen molar-refractivity contribution in [2.24, 2.45) is 0 Å². The molecule has 4 rings (SSSR count). The molecule has 0 aliphatic carbocycles. The summed E-state index contributed by atoms with van der Waals surface area (Å²) in [6.45, 7) is 2.49. The van der Waals surface area contributed by atoms with Gasteiger partial charge in [-0.2, -0.15) is 0 Å². The zero-order valence-electron chi connectivity index (χ0n) is 12.2. The van der Waals surface area contributed by atoms with E-state index in [4.69, 9.17) is 16.3 Å². The van der Waals surface area contributed by atoms with Gasteiger partial charge in [-0.15, -0.1) is 10.2 Å². The van der Waals surface area contributed by atoms with E-state index in [0.717, 1.165) is 16.9 Å². The monoisotopic (exact) mass is 329 g/mol. The molecular weight excluding hydrogens is 318 g/mol. The second-order valence-electron chi connectivity index (χ2n) is 5.07. The van der Waals surface area contributed by atoms with Gasteiger partial charge in [0.25, 0.3) is 0 Å². The van der Waals surface area contributed by atoms with Crippen molar-refractivity contribution in [1.29, 1.82) is 0 Å². The van der Waals surface area contributed by atoms with Crippen molar-refractivity contribution in [2.45, 2.75) is 13.5 Å². The van der Waals surface area contributed by atoms with Crippen LogP contribution in [-0.4, -0.2) is 36.9 Å². The van der Waals surface area contributed by atoms with Crippen LogP contribution < -0.4 is 0 Å². The summed E-state index contributed by atoms with van der Waals surface area (Å²) in [5.41, 5.74) is 2.71. The summed E-state index contributed by atoms with van der Waals surface area (Å²) in [5.74, 6) is 0.259. The van der Waals surface area contributed by atoms with E-state index in [1.165, 1.54) is 0 Å². The second kappa shape index (κ2) is 5.20. The molecule has 0 fully saturated rings. The number of benzene rings is 1. The largest absolute Gasteiger partial charge is 0.461 e. The van der Waals surface area contributed by atoms with E-state index in [-0.39, 0.29) is 0 Å². The van der Waals surface area contributed by atoms with Gasteiger partial charge in [-0.05, 0) is 25.1 Å². The number of rotatable bonds is 2. The molecule has 7 nitrogen and oxygen atoms in total. The van der Waals surface area contributed by atoms with Crippen LogP contribution in [0.1, 0.15) is 23.1 Å². The van der Waals surface area contributed by atoms with Gasteiger partial charge in [0.1, 0.15) is 12.7 Å². The number of carbonyl (C=O) groups is 1. The molecule has 0 atom stereocenters. The fourth-order valence-electron chi connectivity index (χ4n) is 2.74. The van der Waals surface area contributed by atoms with E-state index < -0.39 is 5.97 Å². The first-order valence-electron chi connectivity index (χ1n) is 7.10. The van der Waals surface area contributed by atoms with Crippen molar-refractivity contribution in [2.75, 3.05) is 6.61 Å². The first-order chi connectivity index (χ1) is 11.2. The van der Waals surface area contributed by atoms with Crippen LogP contribution in [-0.2, 0) is 11.3 Å². The lowest BCUT2D eigenvalue weighted by Gasteiger charge is -2.08. The summed E-state index contributed by atoms with van der Waals surface area (Å²) in [7, 11) is 0. The Balaban J connectivity index is 1.97. The molecule has 8 heteroatoms. The molecule has 0 saturated heterocycles. The summed E-state index contributed by atoms with van der Waals surface area (Å²) in [6, 6.07) is 5.50. The van der Waals surface area contributed by atoms with E-state index in [0.29, 0.717) is 29.7 Å². The van der Waals surface area contributed by atoms with Crippen molar-refractivity contribution in [3.05, 3.63) is 47.3 Å². The van der Waals surface area contributed by atoms with Crippen LogP contribution in [0.2, 0.25) is 5.02 Å². The average Bonchev–Trinajstić information content (AvgIpc) is 3.13. The maximum absolute atomic E-state index is 12.1. The first kappa shape index (κ1) is 14.0. The van der Waals surface area contributed by atoms with Gasteiger partial charge in [0, 0.05) is 10.6 Å². The average molecular weight is 330 g/mol. The predicted molar refractivity (Wildman–Crippen MR) is 82.6 cm³/mol. The lowest BCUT2D eigenvalue weighted by molar-refractivity contribution is 0.0518. The fraction of sp³-hybridized carbons (Fsp3) is 0.200. The zero-order valence-corrected chi connectivity index (χ0v) is 13.0. The standard InChI is InChI=1S/C15H12ClN5O2/c1-2-23-15(22)13-12-6-20-8-18-19-14(20)10-5-9(16)3-4-11(10)21(12)7-17-13/h3-5,7-8H,2,6H2,1H3. The molecule has 0 unspecified atom stereocenters. The molecule has 0 N–H and O–H groups in total. The number of carbonyl (C=O) groups excluding carboxylic acids is 1. The van der Waals surface area contributed by atoms with Gasteiger partial charge in [0.2, 0.25) is 0 Å². The van der Waals surface area contributed by atoms with Gasteiger partial charge in [-0.3, -0.25) is 4.57 Å². The van der Waals surface area contributed by atoms with Crippen LogP contribution in [0.3, 0.4) is 0 Å². The molecule has 23 heavy (non-hydrogen) atoms. The molecule has 3 aromatic rings. The number of aromatic nitrogens is 5. The third-order valence-electron chi connectivity index (χ3n) is 3.73. The van der Waals surface area contributed by atoms with Gasteiger partial charge in [-0.1, -0.05) is 11.6 Å². The van der Waals surface area contributed by atoms with E-state index in [9.17, 15) is 4.79 Å². The number of fused-ring (bicyclic) bond motifs is 5. The number of imidazole rings is 1. The minimum atomic E-state index is -0.437. The number of hydrogen-bond acceptors (Lipinski definition) is 5. The van der Waals surface area contributed by atoms with Crippen LogP contribution in [0.5, 0.6) is 0 Å². The minimum absolute atomic E-state index is 0.300. The third-order valence-corrected chi connectivity index (χ3v) is 3.97. The Morgan fingerprint density at radius 3 is 3.09 bits per heavy atom. The van der Waals surface area contributed by atoms with E-state index >= 15 is 0 Å². The summed E-state index contributed by atoms with van der Waals surface area (Å²) in [6.07, 6.45) is 3.24. The Hall–Kier alpha value is -2.67. The van der Waals surface area contributed by atoms with Crippen LogP contribution in [0, 0.1) is 0 Å². The van der Waals surface area contributed by atoms with Crippen LogP contribution in [0.4, 0.5) is 0 Å². The molecule has 1 aliphatic heterocycles. The normalized spacial score (nSPS) is 12.1. The highest BCUT2D eigenvalue weighted by Crippen LogP contribution is 2.33. The number of esters is 1. The second-order valence-corrected chi connectivity index (χ2v) is 5.51. The molecule has 0 radical (unpaired) electrons. The van der Waals surface area contributed by atoms with Crippen molar-refractivity contribution >= 4 is 17.6 Å². The molecule has 0 amide bonds. The molecule has 0 bridgehead atoms. The molecule has 2 aromatic heterocycles. The van der Waals surface area contributed by atoms with Crippen LogP contribution in [0.15, 0.2) is 30.9 Å². The Kier molecular flexibility index (Phi) is 3.16. The van der Waals surface area contributed by atoms with Crippen LogP contribution >= 0.6 is 11.6 Å². The SMILES string of the molecule is CCOC(=O)c1ncn2c1Cn1cnnc1-c1cc(Cl)ccc1-2. The van der Waals surface area contributed by atoms with Gasteiger partial charge in [0.15, 0.2) is 11.5 Å². The predicted octanol–water partition coefficient (Wildman–Crippen LogP) is 2.32. The topological polar surface area (TPSA) is 74.8 Å². The molecule has 1 aliphatic rings. The lowest BCUT2D eigenvalue weighted by atomic mass is 10.1. The summed E-state index contributed by atoms with van der Waals surface area (Å²) < 4.78 is 8.82. The van der Waals surface area contributed by atoms with E-state index in [2.05, 4.69) is 15.2 Å². The number of halogens is 1. The Bertz CT molecular complexity index is 914. The summed E-state index contributed by atoms with van der Waals surface area (Å²) >= 11 is 6.13. The molecule has 0 spiro atoms. The summed E-state index contributed by atoms with van der Waals surface area (Å²) in [4.78, 5) is 16.4. The smallest absolute Gasteiger partial charge is 0.358 e.